The van der Waals surface area contributed by atoms with E-state index in [0.717, 1.165) is 22.4 Å². The first-order chi connectivity index (χ1) is 12.8. The van der Waals surface area contributed by atoms with Gasteiger partial charge in [0.2, 0.25) is 0 Å². The number of pyridine rings is 1. The number of alkyl carbamates (subject to hydrolysis) is 1. The van der Waals surface area contributed by atoms with Crippen LogP contribution in [0.1, 0.15) is 26.3 Å². The van der Waals surface area contributed by atoms with E-state index in [9.17, 15) is 9.18 Å². The lowest BCUT2D eigenvalue weighted by Gasteiger charge is -2.20. The number of carbonyl (C=O) groups is 1. The maximum Gasteiger partial charge on any atom is 0.407 e. The van der Waals surface area contributed by atoms with Crippen molar-refractivity contribution in [1.82, 2.24) is 20.5 Å². The van der Waals surface area contributed by atoms with Crippen LogP contribution in [0.3, 0.4) is 0 Å². The van der Waals surface area contributed by atoms with Gasteiger partial charge < -0.3 is 10.1 Å². The van der Waals surface area contributed by atoms with Gasteiger partial charge >= 0.3 is 6.09 Å². The lowest BCUT2D eigenvalue weighted by molar-refractivity contribution is 0.0523. The molecule has 2 N–H and O–H groups in total. The van der Waals surface area contributed by atoms with Crippen molar-refractivity contribution in [3.8, 4) is 22.5 Å². The molecule has 1 aromatic carbocycles. The van der Waals surface area contributed by atoms with Gasteiger partial charge in [0.05, 0.1) is 11.4 Å². The van der Waals surface area contributed by atoms with E-state index < -0.39 is 11.7 Å². The number of halogens is 1. The van der Waals surface area contributed by atoms with Crippen LogP contribution in [0.4, 0.5) is 9.18 Å². The third-order valence-corrected chi connectivity index (χ3v) is 3.73. The Morgan fingerprint density at radius 2 is 1.93 bits per heavy atom. The summed E-state index contributed by atoms with van der Waals surface area (Å²) in [6.07, 6.45) is 2.90. The molecule has 2 aromatic heterocycles. The van der Waals surface area contributed by atoms with Gasteiger partial charge in [-0.25, -0.2) is 9.18 Å². The first-order valence-electron chi connectivity index (χ1n) is 8.54. The number of hydrogen-bond acceptors (Lipinski definition) is 4. The average molecular weight is 368 g/mol. The second-order valence-electron chi connectivity index (χ2n) is 7.05. The Morgan fingerprint density at radius 3 is 2.56 bits per heavy atom. The Hall–Kier alpha value is -3.22. The minimum atomic E-state index is -0.570. The minimum Gasteiger partial charge on any atom is -0.444 e. The van der Waals surface area contributed by atoms with Crippen LogP contribution in [0.25, 0.3) is 22.5 Å². The predicted octanol–water partition coefficient (Wildman–Crippen LogP) is 4.30. The number of benzene rings is 1. The van der Waals surface area contributed by atoms with Gasteiger partial charge in [-0.05, 0) is 62.7 Å². The van der Waals surface area contributed by atoms with Gasteiger partial charge in [-0.3, -0.25) is 10.1 Å². The number of nitrogens with one attached hydrogen (secondary N) is 2. The summed E-state index contributed by atoms with van der Waals surface area (Å²) in [5.41, 5.74) is 3.25. The van der Waals surface area contributed by atoms with E-state index in [1.165, 1.54) is 12.1 Å². The molecule has 2 heterocycles. The van der Waals surface area contributed by atoms with E-state index >= 15 is 0 Å². The molecule has 0 aliphatic rings. The molecule has 27 heavy (non-hydrogen) atoms. The number of aromatic amines is 1. The lowest BCUT2D eigenvalue weighted by atomic mass is 10.0. The maximum absolute atomic E-state index is 13.2. The van der Waals surface area contributed by atoms with Gasteiger partial charge in [-0.15, -0.1) is 0 Å². The molecule has 0 bridgehead atoms. The molecule has 0 aliphatic carbocycles. The van der Waals surface area contributed by atoms with E-state index in [2.05, 4.69) is 20.5 Å². The number of carbonyl (C=O) groups excluding carboxylic acids is 1. The Bertz CT molecular complexity index is 916. The van der Waals surface area contributed by atoms with Gasteiger partial charge in [-0.2, -0.15) is 5.10 Å². The van der Waals surface area contributed by atoms with E-state index in [4.69, 9.17) is 4.74 Å². The maximum atomic E-state index is 13.2. The summed E-state index contributed by atoms with van der Waals surface area (Å²) in [5, 5.41) is 9.75. The molecule has 0 saturated heterocycles. The molecule has 6 nitrogen and oxygen atoms in total. The molecule has 0 radical (unpaired) electrons. The van der Waals surface area contributed by atoms with Crippen LogP contribution in [-0.4, -0.2) is 26.9 Å². The van der Waals surface area contributed by atoms with Gasteiger partial charge in [0.25, 0.3) is 0 Å². The first kappa shape index (κ1) is 18.6. The summed E-state index contributed by atoms with van der Waals surface area (Å²) < 4.78 is 18.4. The molecule has 1 amide bonds. The molecule has 0 aliphatic heterocycles. The highest BCUT2D eigenvalue weighted by atomic mass is 19.1. The summed E-state index contributed by atoms with van der Waals surface area (Å²) in [6, 6.07) is 9.83. The van der Waals surface area contributed by atoms with Gasteiger partial charge in [0.15, 0.2) is 0 Å². The number of hydrogen-bond donors (Lipinski definition) is 2. The number of rotatable bonds is 4. The fourth-order valence-corrected chi connectivity index (χ4v) is 2.53. The second kappa shape index (κ2) is 7.57. The number of ether oxygens (including phenoxy) is 1. The highest BCUT2D eigenvalue weighted by Gasteiger charge is 2.17. The van der Waals surface area contributed by atoms with Crippen LogP contribution in [0.2, 0.25) is 0 Å². The number of nitrogens with zero attached hydrogens (tertiary/aromatic N) is 2. The van der Waals surface area contributed by atoms with Crippen molar-refractivity contribution in [3.63, 3.8) is 0 Å². The van der Waals surface area contributed by atoms with E-state index in [-0.39, 0.29) is 12.4 Å². The topological polar surface area (TPSA) is 79.9 Å². The minimum absolute atomic E-state index is 0.244. The van der Waals surface area contributed by atoms with Crippen LogP contribution in [0, 0.1) is 5.82 Å². The van der Waals surface area contributed by atoms with Crippen LogP contribution in [0.15, 0.2) is 48.8 Å². The highest BCUT2D eigenvalue weighted by molar-refractivity contribution is 5.72. The molecule has 7 heteroatoms. The number of aromatic nitrogens is 3. The Kier molecular flexibility index (Phi) is 5.21. The summed E-state index contributed by atoms with van der Waals surface area (Å²) in [6.45, 7) is 5.66. The standard InChI is InChI=1S/C20H21FN4O2/c1-20(2,3)27-19(26)23-12-14-11-22-18(13-4-6-15(21)7-5-13)10-16(14)17-8-9-24-25-17/h4-11H,12H2,1-3H3,(H,23,26)(H,24,25). The summed E-state index contributed by atoms with van der Waals surface area (Å²) in [4.78, 5) is 16.4. The molecular formula is C20H21FN4O2. The fourth-order valence-electron chi connectivity index (χ4n) is 2.53. The quantitative estimate of drug-likeness (QED) is 0.719. The van der Waals surface area contributed by atoms with Crippen molar-refractivity contribution in [2.24, 2.45) is 0 Å². The second-order valence-corrected chi connectivity index (χ2v) is 7.05. The third-order valence-electron chi connectivity index (χ3n) is 3.73. The van der Waals surface area contributed by atoms with Crippen molar-refractivity contribution >= 4 is 6.09 Å². The Morgan fingerprint density at radius 1 is 1.19 bits per heavy atom. The summed E-state index contributed by atoms with van der Waals surface area (Å²) in [5.74, 6) is -0.301. The largest absolute Gasteiger partial charge is 0.444 e. The van der Waals surface area contributed by atoms with Crippen LogP contribution >= 0.6 is 0 Å². The Balaban J connectivity index is 1.87. The van der Waals surface area contributed by atoms with Crippen molar-refractivity contribution in [1.29, 1.82) is 0 Å². The van der Waals surface area contributed by atoms with Crippen LogP contribution in [0.5, 0.6) is 0 Å². The average Bonchev–Trinajstić information content (AvgIpc) is 3.13. The number of H-pyrrole nitrogens is 1. The molecule has 3 aromatic rings. The molecule has 140 valence electrons. The molecule has 0 unspecified atom stereocenters. The van der Waals surface area contributed by atoms with E-state index in [1.807, 2.05) is 12.1 Å². The zero-order chi connectivity index (χ0) is 19.4. The summed E-state index contributed by atoms with van der Waals surface area (Å²) in [7, 11) is 0. The summed E-state index contributed by atoms with van der Waals surface area (Å²) >= 11 is 0. The SMILES string of the molecule is CC(C)(C)OC(=O)NCc1cnc(-c2ccc(F)cc2)cc1-c1cc[nH]n1. The molecule has 0 atom stereocenters. The number of amides is 1. The molecule has 0 fully saturated rings. The fraction of sp³-hybridized carbons (Fsp3) is 0.250. The monoisotopic (exact) mass is 368 g/mol. The zero-order valence-corrected chi connectivity index (χ0v) is 15.4. The van der Waals surface area contributed by atoms with Gasteiger partial charge in [0.1, 0.15) is 11.4 Å². The van der Waals surface area contributed by atoms with Crippen molar-refractivity contribution < 1.29 is 13.9 Å². The normalized spacial score (nSPS) is 11.3. The third kappa shape index (κ3) is 4.91. The van der Waals surface area contributed by atoms with Crippen molar-refractivity contribution in [3.05, 3.63) is 60.2 Å². The van der Waals surface area contributed by atoms with Crippen LogP contribution < -0.4 is 5.32 Å². The van der Waals surface area contributed by atoms with E-state index in [0.29, 0.717) is 5.69 Å². The van der Waals surface area contributed by atoms with Crippen molar-refractivity contribution in [2.45, 2.75) is 32.9 Å². The molecule has 0 saturated carbocycles. The predicted molar refractivity (Wildman–Crippen MR) is 100 cm³/mol. The molecular weight excluding hydrogens is 347 g/mol. The molecule has 0 spiro atoms. The first-order valence-corrected chi connectivity index (χ1v) is 8.54. The zero-order valence-electron chi connectivity index (χ0n) is 15.4. The van der Waals surface area contributed by atoms with Gasteiger partial charge in [0, 0.05) is 30.1 Å². The highest BCUT2D eigenvalue weighted by Crippen LogP contribution is 2.27. The van der Waals surface area contributed by atoms with E-state index in [1.54, 1.807) is 45.3 Å². The lowest BCUT2D eigenvalue weighted by Crippen LogP contribution is -2.32. The van der Waals surface area contributed by atoms with Crippen LogP contribution in [-0.2, 0) is 11.3 Å². The smallest absolute Gasteiger partial charge is 0.407 e. The van der Waals surface area contributed by atoms with Crippen molar-refractivity contribution in [2.75, 3.05) is 0 Å². The van der Waals surface area contributed by atoms with Gasteiger partial charge in [-0.1, -0.05) is 0 Å². The Labute approximate surface area is 156 Å². The molecule has 3 rings (SSSR count).